The largest absolute Gasteiger partial charge is 0.340 e. The van der Waals surface area contributed by atoms with Crippen LogP contribution in [0.1, 0.15) is 65.7 Å². The van der Waals surface area contributed by atoms with E-state index in [1.807, 2.05) is 0 Å². The lowest BCUT2D eigenvalue weighted by molar-refractivity contribution is -0.150. The molecule has 3 aliphatic rings. The minimum absolute atomic E-state index is 0.0826. The summed E-state index contributed by atoms with van der Waals surface area (Å²) in [7, 11) is -4.23. The van der Waals surface area contributed by atoms with Crippen molar-refractivity contribution in [1.29, 1.82) is 0 Å². The van der Waals surface area contributed by atoms with Crippen molar-refractivity contribution in [2.75, 3.05) is 13.1 Å². The van der Waals surface area contributed by atoms with E-state index < -0.39 is 25.6 Å². The van der Waals surface area contributed by atoms with Gasteiger partial charge in [-0.1, -0.05) is 13.0 Å². The van der Waals surface area contributed by atoms with E-state index in [4.69, 9.17) is 0 Å². The van der Waals surface area contributed by atoms with Gasteiger partial charge in [-0.3, -0.25) is 23.9 Å². The summed E-state index contributed by atoms with van der Waals surface area (Å²) < 4.78 is 26.4. The molecule has 13 heteroatoms. The number of benzene rings is 1. The van der Waals surface area contributed by atoms with E-state index >= 15 is 0 Å². The lowest BCUT2D eigenvalue weighted by Crippen LogP contribution is -2.60. The van der Waals surface area contributed by atoms with Gasteiger partial charge in [-0.25, -0.2) is 4.39 Å². The van der Waals surface area contributed by atoms with Gasteiger partial charge in [0.2, 0.25) is 11.8 Å². The summed E-state index contributed by atoms with van der Waals surface area (Å²) in [5.74, 6) is -0.926. The van der Waals surface area contributed by atoms with Crippen molar-refractivity contribution >= 4 is 46.7 Å². The smallest absolute Gasteiger partial charge is 0.329 e. The minimum Gasteiger partial charge on any atom is -0.340 e. The molecular weight excluding hydrogens is 594 g/mol. The van der Waals surface area contributed by atoms with Crippen molar-refractivity contribution < 1.29 is 33.1 Å². The molecule has 1 aromatic carbocycles. The number of rotatable bonds is 6. The SMILES string of the molecule is C[C@@H]1CC[C@H](NC(=O)c2cc3cc(CP(=O)(O)O)ccc3s2)C(=O)N2[C@H](CC[C@H]2C(=O)N2CC(c3cnccc3F)C2)C1. The number of carbonyl (C=O) groups is 3. The van der Waals surface area contributed by atoms with Crippen LogP contribution in [0.5, 0.6) is 0 Å². The van der Waals surface area contributed by atoms with Crippen molar-refractivity contribution in [3.05, 3.63) is 64.5 Å². The third-order valence-corrected chi connectivity index (χ3v) is 10.8. The Morgan fingerprint density at radius 3 is 2.67 bits per heavy atom. The van der Waals surface area contributed by atoms with Gasteiger partial charge in [-0.15, -0.1) is 11.3 Å². The summed E-state index contributed by atoms with van der Waals surface area (Å²) in [5, 5.41) is 3.63. The molecule has 228 valence electrons. The molecule has 0 spiro atoms. The summed E-state index contributed by atoms with van der Waals surface area (Å²) in [6.07, 6.45) is 5.81. The van der Waals surface area contributed by atoms with Crippen LogP contribution < -0.4 is 5.32 Å². The predicted octanol–water partition coefficient (Wildman–Crippen LogP) is 4.02. The van der Waals surface area contributed by atoms with E-state index in [2.05, 4.69) is 17.2 Å². The average Bonchev–Trinajstić information content (AvgIpc) is 3.53. The number of aromatic nitrogens is 1. The van der Waals surface area contributed by atoms with Crippen molar-refractivity contribution in [3.8, 4) is 0 Å². The van der Waals surface area contributed by atoms with Crippen LogP contribution in [-0.2, 0) is 20.3 Å². The average molecular weight is 629 g/mol. The number of nitrogens with one attached hydrogen (secondary N) is 1. The first-order valence-corrected chi connectivity index (χ1v) is 17.2. The highest BCUT2D eigenvalue weighted by molar-refractivity contribution is 7.50. The fourth-order valence-corrected chi connectivity index (χ4v) is 8.31. The second-order valence-corrected chi connectivity index (χ2v) is 14.8. The zero-order chi connectivity index (χ0) is 30.5. The maximum atomic E-state index is 14.2. The molecule has 3 saturated heterocycles. The van der Waals surface area contributed by atoms with Gasteiger partial charge < -0.3 is 24.9 Å². The quantitative estimate of drug-likeness (QED) is 0.351. The molecule has 43 heavy (non-hydrogen) atoms. The molecule has 2 aromatic heterocycles. The number of hydrogen-bond donors (Lipinski definition) is 3. The molecule has 4 atom stereocenters. The number of thiophene rings is 1. The summed E-state index contributed by atoms with van der Waals surface area (Å²) in [5.41, 5.74) is 0.971. The molecule has 0 bridgehead atoms. The first-order chi connectivity index (χ1) is 20.5. The molecule has 3 aliphatic heterocycles. The molecule has 3 fully saturated rings. The van der Waals surface area contributed by atoms with Crippen LogP contribution in [0, 0.1) is 11.7 Å². The van der Waals surface area contributed by atoms with Crippen LogP contribution in [-0.4, -0.2) is 73.5 Å². The Labute approximate surface area is 252 Å². The summed E-state index contributed by atoms with van der Waals surface area (Å²) in [6, 6.07) is 6.55. The number of pyridine rings is 1. The van der Waals surface area contributed by atoms with Crippen LogP contribution >= 0.6 is 18.9 Å². The lowest BCUT2D eigenvalue weighted by atomic mass is 9.90. The number of amides is 3. The molecule has 0 saturated carbocycles. The predicted molar refractivity (Wildman–Crippen MR) is 159 cm³/mol. The molecule has 3 N–H and O–H groups in total. The van der Waals surface area contributed by atoms with E-state index in [-0.39, 0.29) is 35.8 Å². The van der Waals surface area contributed by atoms with Gasteiger partial charge in [0.1, 0.15) is 17.9 Å². The number of hydrogen-bond acceptors (Lipinski definition) is 6. The summed E-state index contributed by atoms with van der Waals surface area (Å²) in [4.78, 5) is 67.4. The maximum Gasteiger partial charge on any atom is 0.329 e. The molecule has 0 aliphatic carbocycles. The second-order valence-electron chi connectivity index (χ2n) is 12.1. The molecule has 0 radical (unpaired) electrons. The Morgan fingerprint density at radius 1 is 1.14 bits per heavy atom. The second kappa shape index (κ2) is 11.7. The molecule has 5 heterocycles. The summed E-state index contributed by atoms with van der Waals surface area (Å²) >= 11 is 1.25. The fourth-order valence-electron chi connectivity index (χ4n) is 6.69. The topological polar surface area (TPSA) is 140 Å². The molecule has 10 nitrogen and oxygen atoms in total. The Kier molecular flexibility index (Phi) is 8.14. The highest BCUT2D eigenvalue weighted by Gasteiger charge is 2.47. The van der Waals surface area contributed by atoms with Crippen molar-refractivity contribution in [1.82, 2.24) is 20.1 Å². The van der Waals surface area contributed by atoms with Crippen LogP contribution in [0.15, 0.2) is 42.7 Å². The van der Waals surface area contributed by atoms with Crippen LogP contribution in [0.4, 0.5) is 4.39 Å². The Balaban J connectivity index is 1.16. The van der Waals surface area contributed by atoms with E-state index in [1.54, 1.807) is 34.1 Å². The molecule has 0 unspecified atom stereocenters. The lowest BCUT2D eigenvalue weighted by Gasteiger charge is -2.43. The first-order valence-electron chi connectivity index (χ1n) is 14.5. The van der Waals surface area contributed by atoms with E-state index in [9.17, 15) is 33.1 Å². The van der Waals surface area contributed by atoms with Gasteiger partial charge in [0, 0.05) is 47.7 Å². The van der Waals surface area contributed by atoms with Gasteiger partial charge in [-0.05, 0) is 73.2 Å². The van der Waals surface area contributed by atoms with Gasteiger partial charge in [0.05, 0.1) is 11.0 Å². The van der Waals surface area contributed by atoms with Gasteiger partial charge >= 0.3 is 7.60 Å². The maximum absolute atomic E-state index is 14.2. The number of halogens is 1. The molecule has 3 amide bonds. The number of fused-ring (bicyclic) bond motifs is 2. The standard InChI is InChI=1S/C30H34FN4O6PS/c1-17-2-5-24(33-28(36)27-12-19-11-18(16-42(39,40)41)3-7-26(19)43-27)29(37)35-21(10-17)4-6-25(35)30(38)34-14-20(15-34)22-13-32-9-8-23(22)31/h3,7-9,11-13,17,20-21,24-25H,2,4-6,10,14-16H2,1H3,(H,33,36)(H2,39,40,41)/t17-,21-,24+,25+/m1/s1. The zero-order valence-electron chi connectivity index (χ0n) is 23.7. The third kappa shape index (κ3) is 6.24. The summed E-state index contributed by atoms with van der Waals surface area (Å²) in [6.45, 7) is 2.89. The normalized spacial score (nSPS) is 24.8. The zero-order valence-corrected chi connectivity index (χ0v) is 25.4. The fraction of sp³-hybridized carbons (Fsp3) is 0.467. The monoisotopic (exact) mass is 628 g/mol. The van der Waals surface area contributed by atoms with Gasteiger partial charge in [0.25, 0.3) is 5.91 Å². The molecular formula is C30H34FN4O6PS. The van der Waals surface area contributed by atoms with Crippen molar-refractivity contribution in [2.45, 2.75) is 69.2 Å². The third-order valence-electron chi connectivity index (χ3n) is 8.89. The van der Waals surface area contributed by atoms with E-state index in [0.717, 1.165) is 24.0 Å². The Bertz CT molecular complexity index is 1620. The molecule has 6 rings (SSSR count). The number of nitrogens with zero attached hydrogens (tertiary/aromatic N) is 3. The number of likely N-dealkylation sites (tertiary alicyclic amines) is 1. The highest BCUT2D eigenvalue weighted by atomic mass is 32.1. The Hall–Kier alpha value is -3.18. The van der Waals surface area contributed by atoms with Crippen molar-refractivity contribution in [3.63, 3.8) is 0 Å². The van der Waals surface area contributed by atoms with Crippen LogP contribution in [0.2, 0.25) is 0 Å². The van der Waals surface area contributed by atoms with Gasteiger partial charge in [-0.2, -0.15) is 0 Å². The van der Waals surface area contributed by atoms with E-state index in [1.165, 1.54) is 29.8 Å². The van der Waals surface area contributed by atoms with Crippen LogP contribution in [0.3, 0.4) is 0 Å². The van der Waals surface area contributed by atoms with Crippen LogP contribution in [0.25, 0.3) is 10.1 Å². The molecule has 3 aromatic rings. The highest BCUT2D eigenvalue weighted by Crippen LogP contribution is 2.40. The van der Waals surface area contributed by atoms with Crippen molar-refractivity contribution in [2.24, 2.45) is 5.92 Å². The Morgan fingerprint density at radius 2 is 1.93 bits per heavy atom. The first kappa shape index (κ1) is 29.9. The van der Waals surface area contributed by atoms with E-state index in [0.29, 0.717) is 53.2 Å². The van der Waals surface area contributed by atoms with Gasteiger partial charge in [0.15, 0.2) is 0 Å². The minimum atomic E-state index is -4.23. The number of carbonyl (C=O) groups excluding carboxylic acids is 3.